The Kier molecular flexibility index (Phi) is 5.32. The normalized spacial score (nSPS) is 23.0. The summed E-state index contributed by atoms with van der Waals surface area (Å²) >= 11 is 0. The third-order valence-corrected chi connectivity index (χ3v) is 6.96. The molecule has 1 saturated heterocycles. The molecule has 1 aromatic heterocycles. The van der Waals surface area contributed by atoms with Crippen molar-refractivity contribution in [3.8, 4) is 5.75 Å². The van der Waals surface area contributed by atoms with Gasteiger partial charge in [0.25, 0.3) is 0 Å². The molecule has 2 aromatic rings. The number of aryl methyl sites for hydroxylation is 1. The van der Waals surface area contributed by atoms with Crippen LogP contribution in [0.4, 0.5) is 0 Å². The first kappa shape index (κ1) is 19.7. The minimum Gasteiger partial charge on any atom is -0.487 e. The lowest BCUT2D eigenvalue weighted by Gasteiger charge is -2.46. The maximum Gasteiger partial charge on any atom is 0.220 e. The number of likely N-dealkylation sites (tertiary alicyclic amines) is 1. The van der Waals surface area contributed by atoms with E-state index in [0.29, 0.717) is 12.3 Å². The fraction of sp³-hybridized carbons (Fsp3) is 0.560. The first-order valence-electron chi connectivity index (χ1n) is 11.4. The number of rotatable bonds is 6. The quantitative estimate of drug-likeness (QED) is 0.769. The molecule has 3 heterocycles. The van der Waals surface area contributed by atoms with Gasteiger partial charge in [-0.3, -0.25) is 9.69 Å². The molecule has 0 radical (unpaired) electrons. The maximum atomic E-state index is 12.6. The van der Waals surface area contributed by atoms with Crippen molar-refractivity contribution in [2.45, 2.75) is 63.5 Å². The number of carbonyl (C=O) groups is 1. The fourth-order valence-electron chi connectivity index (χ4n) is 5.02. The topological polar surface area (TPSA) is 54.7 Å². The lowest BCUT2D eigenvalue weighted by molar-refractivity contribution is -0.122. The highest BCUT2D eigenvalue weighted by Gasteiger charge is 2.43. The Bertz CT molecular complexity index is 893. The average Bonchev–Trinajstić information content (AvgIpc) is 3.49. The van der Waals surface area contributed by atoms with E-state index in [1.54, 1.807) is 0 Å². The van der Waals surface area contributed by atoms with Gasteiger partial charge < -0.3 is 14.5 Å². The Morgan fingerprint density at radius 3 is 2.70 bits per heavy atom. The zero-order chi connectivity index (χ0) is 20.6. The number of carbonyl (C=O) groups excluding carboxylic acids is 1. The lowest BCUT2D eigenvalue weighted by Crippen LogP contribution is -2.50. The van der Waals surface area contributed by atoms with Crippen molar-refractivity contribution in [1.29, 1.82) is 0 Å². The Balaban J connectivity index is 1.25. The standard InChI is InChI=1S/C25H32N2O3/c1-18-6-9-21(29-18)17-27-12-10-25(11-13-27)15-20(14-24(28)26-16-19-7-8-19)22-4-2-3-5-23(22)30-25/h2-6,9,19-20H,7-8,10-17H2,1H3,(H,26,28)/t20-/m0/s1. The number of fused-ring (bicyclic) bond motifs is 1. The SMILES string of the molecule is Cc1ccc(CN2CCC3(CC2)C[C@H](CC(=O)NCC2CC2)c2ccccc2O3)o1. The Morgan fingerprint density at radius 2 is 1.97 bits per heavy atom. The number of amides is 1. The third kappa shape index (κ3) is 4.41. The number of para-hydroxylation sites is 1. The van der Waals surface area contributed by atoms with E-state index in [1.807, 2.05) is 19.1 Å². The molecule has 2 fully saturated rings. The number of ether oxygens (including phenoxy) is 1. The molecule has 1 amide bonds. The molecule has 1 saturated carbocycles. The zero-order valence-electron chi connectivity index (χ0n) is 17.9. The molecule has 0 unspecified atom stereocenters. The van der Waals surface area contributed by atoms with Gasteiger partial charge in [0, 0.05) is 32.0 Å². The second kappa shape index (κ2) is 8.10. The van der Waals surface area contributed by atoms with Crippen LogP contribution in [0.3, 0.4) is 0 Å². The summed E-state index contributed by atoms with van der Waals surface area (Å²) in [5.41, 5.74) is 1.03. The minimum atomic E-state index is -0.161. The summed E-state index contributed by atoms with van der Waals surface area (Å²) in [5, 5.41) is 3.15. The lowest BCUT2D eigenvalue weighted by atomic mass is 9.76. The van der Waals surface area contributed by atoms with Gasteiger partial charge in [0.2, 0.25) is 5.91 Å². The predicted octanol–water partition coefficient (Wildman–Crippen LogP) is 4.41. The van der Waals surface area contributed by atoms with Crippen molar-refractivity contribution in [3.63, 3.8) is 0 Å². The molecule has 1 atom stereocenters. The molecule has 160 valence electrons. The number of hydrogen-bond acceptors (Lipinski definition) is 4. The Morgan fingerprint density at radius 1 is 1.17 bits per heavy atom. The number of hydrogen-bond donors (Lipinski definition) is 1. The van der Waals surface area contributed by atoms with Crippen molar-refractivity contribution in [2.24, 2.45) is 5.92 Å². The van der Waals surface area contributed by atoms with Crippen LogP contribution in [0.25, 0.3) is 0 Å². The Hall–Kier alpha value is -2.27. The zero-order valence-corrected chi connectivity index (χ0v) is 17.9. The van der Waals surface area contributed by atoms with E-state index in [4.69, 9.17) is 9.15 Å². The van der Waals surface area contributed by atoms with Crippen LogP contribution in [0, 0.1) is 12.8 Å². The van der Waals surface area contributed by atoms with Crippen molar-refractivity contribution in [3.05, 3.63) is 53.5 Å². The van der Waals surface area contributed by atoms with Gasteiger partial charge in [0.15, 0.2) is 0 Å². The molecule has 5 rings (SSSR count). The molecule has 3 aliphatic rings. The van der Waals surface area contributed by atoms with Crippen LogP contribution in [-0.2, 0) is 11.3 Å². The number of nitrogens with one attached hydrogen (secondary N) is 1. The molecule has 5 nitrogen and oxygen atoms in total. The van der Waals surface area contributed by atoms with Crippen molar-refractivity contribution < 1.29 is 13.9 Å². The molecule has 1 spiro atoms. The molecule has 1 aromatic carbocycles. The second-order valence-electron chi connectivity index (χ2n) is 9.46. The van der Waals surface area contributed by atoms with Crippen molar-refractivity contribution >= 4 is 5.91 Å². The van der Waals surface area contributed by atoms with Gasteiger partial charge >= 0.3 is 0 Å². The van der Waals surface area contributed by atoms with Crippen LogP contribution in [0.5, 0.6) is 5.75 Å². The summed E-state index contributed by atoms with van der Waals surface area (Å²) in [6.45, 7) is 5.66. The number of piperidine rings is 1. The van der Waals surface area contributed by atoms with E-state index < -0.39 is 0 Å². The van der Waals surface area contributed by atoms with Gasteiger partial charge in [-0.25, -0.2) is 0 Å². The Labute approximate surface area is 178 Å². The molecule has 30 heavy (non-hydrogen) atoms. The number of benzene rings is 1. The molecule has 2 aliphatic heterocycles. The van der Waals surface area contributed by atoms with E-state index in [1.165, 1.54) is 18.4 Å². The van der Waals surface area contributed by atoms with Crippen LogP contribution in [0.2, 0.25) is 0 Å². The van der Waals surface area contributed by atoms with E-state index in [0.717, 1.165) is 62.7 Å². The van der Waals surface area contributed by atoms with Crippen molar-refractivity contribution in [2.75, 3.05) is 19.6 Å². The highest BCUT2D eigenvalue weighted by molar-refractivity contribution is 5.77. The molecule has 0 bridgehead atoms. The van der Waals surface area contributed by atoms with Crippen LogP contribution in [0.1, 0.15) is 61.5 Å². The highest BCUT2D eigenvalue weighted by atomic mass is 16.5. The molecular formula is C25H32N2O3. The third-order valence-electron chi connectivity index (χ3n) is 6.96. The van der Waals surface area contributed by atoms with Crippen LogP contribution < -0.4 is 10.1 Å². The van der Waals surface area contributed by atoms with Crippen LogP contribution in [0.15, 0.2) is 40.8 Å². The van der Waals surface area contributed by atoms with Gasteiger partial charge in [0.1, 0.15) is 22.9 Å². The predicted molar refractivity (Wildman–Crippen MR) is 115 cm³/mol. The summed E-state index contributed by atoms with van der Waals surface area (Å²) in [6.07, 6.45) is 5.98. The van der Waals surface area contributed by atoms with E-state index in [-0.39, 0.29) is 17.4 Å². The van der Waals surface area contributed by atoms with Gasteiger partial charge in [-0.05, 0) is 68.7 Å². The first-order valence-corrected chi connectivity index (χ1v) is 11.4. The average molecular weight is 409 g/mol. The monoisotopic (exact) mass is 408 g/mol. The molecule has 1 N–H and O–H groups in total. The van der Waals surface area contributed by atoms with Gasteiger partial charge in [-0.15, -0.1) is 0 Å². The molecule has 5 heteroatoms. The molecule has 1 aliphatic carbocycles. The fourth-order valence-corrected chi connectivity index (χ4v) is 5.02. The van der Waals surface area contributed by atoms with Crippen LogP contribution in [-0.4, -0.2) is 36.0 Å². The van der Waals surface area contributed by atoms with Gasteiger partial charge in [-0.2, -0.15) is 0 Å². The number of nitrogens with zero attached hydrogens (tertiary/aromatic N) is 1. The highest BCUT2D eigenvalue weighted by Crippen LogP contribution is 2.46. The number of furan rings is 1. The summed E-state index contributed by atoms with van der Waals surface area (Å²) in [5.74, 6) is 4.10. The largest absolute Gasteiger partial charge is 0.487 e. The van der Waals surface area contributed by atoms with Crippen LogP contribution >= 0.6 is 0 Å². The van der Waals surface area contributed by atoms with Gasteiger partial charge in [0.05, 0.1) is 6.54 Å². The molecular weight excluding hydrogens is 376 g/mol. The van der Waals surface area contributed by atoms with Gasteiger partial charge in [-0.1, -0.05) is 18.2 Å². The van der Waals surface area contributed by atoms with E-state index >= 15 is 0 Å². The van der Waals surface area contributed by atoms with E-state index in [9.17, 15) is 4.79 Å². The van der Waals surface area contributed by atoms with Crippen molar-refractivity contribution in [1.82, 2.24) is 10.2 Å². The summed E-state index contributed by atoms with van der Waals surface area (Å²) in [7, 11) is 0. The minimum absolute atomic E-state index is 0.161. The second-order valence-corrected chi connectivity index (χ2v) is 9.46. The summed E-state index contributed by atoms with van der Waals surface area (Å²) in [6, 6.07) is 12.4. The maximum absolute atomic E-state index is 12.6. The van der Waals surface area contributed by atoms with E-state index in [2.05, 4.69) is 34.5 Å². The smallest absolute Gasteiger partial charge is 0.220 e. The summed E-state index contributed by atoms with van der Waals surface area (Å²) < 4.78 is 12.4. The summed E-state index contributed by atoms with van der Waals surface area (Å²) in [4.78, 5) is 15.1. The first-order chi connectivity index (χ1) is 14.6.